The Labute approximate surface area is 100 Å². The lowest BCUT2D eigenvalue weighted by Gasteiger charge is -2.29. The van der Waals surface area contributed by atoms with Gasteiger partial charge in [0, 0.05) is 6.54 Å². The van der Waals surface area contributed by atoms with Crippen LogP contribution in [0.15, 0.2) is 16.2 Å². The molecule has 0 aliphatic heterocycles. The summed E-state index contributed by atoms with van der Waals surface area (Å²) >= 11 is 5.49. The summed E-state index contributed by atoms with van der Waals surface area (Å²) in [6.45, 7) is 4.76. The average molecular weight is 242 g/mol. The Bertz CT molecular complexity index is 402. The van der Waals surface area contributed by atoms with Crippen molar-refractivity contribution in [3.05, 3.63) is 23.4 Å². The minimum atomic E-state index is -0.0168. The van der Waals surface area contributed by atoms with Gasteiger partial charge >= 0.3 is 0 Å². The van der Waals surface area contributed by atoms with Crippen molar-refractivity contribution in [3.63, 3.8) is 0 Å². The van der Waals surface area contributed by atoms with Crippen LogP contribution in [0.3, 0.4) is 0 Å². The molecule has 1 aliphatic rings. The van der Waals surface area contributed by atoms with Gasteiger partial charge in [-0.15, -0.1) is 0 Å². The molecular weight excluding hydrogens is 226 g/mol. The quantitative estimate of drug-likeness (QED) is 0.653. The maximum Gasteiger partial charge on any atom is 0.232 e. The second-order valence-corrected chi connectivity index (χ2v) is 4.85. The Kier molecular flexibility index (Phi) is 3.30. The van der Waals surface area contributed by atoms with Crippen LogP contribution in [-0.2, 0) is 5.41 Å². The van der Waals surface area contributed by atoms with Crippen molar-refractivity contribution in [1.29, 1.82) is 0 Å². The molecule has 0 aromatic carbocycles. The van der Waals surface area contributed by atoms with Crippen molar-refractivity contribution >= 4 is 11.8 Å². The molecule has 0 saturated heterocycles. The number of aryl methyl sites for hydroxylation is 1. The van der Waals surface area contributed by atoms with Crippen molar-refractivity contribution in [2.75, 3.05) is 6.54 Å². The van der Waals surface area contributed by atoms with E-state index in [1.807, 2.05) is 6.92 Å². The maximum atomic E-state index is 5.49. The molecule has 4 nitrogen and oxygen atoms in total. The topological polar surface area (TPSA) is 51.0 Å². The highest BCUT2D eigenvalue weighted by molar-refractivity contribution is 6.13. The van der Waals surface area contributed by atoms with Crippen LogP contribution in [0.4, 0.5) is 0 Å². The predicted octanol–water partition coefficient (Wildman–Crippen LogP) is 2.49. The van der Waals surface area contributed by atoms with E-state index in [0.29, 0.717) is 5.82 Å². The van der Waals surface area contributed by atoms with Gasteiger partial charge in [-0.2, -0.15) is 4.98 Å². The molecule has 1 aliphatic carbocycles. The van der Waals surface area contributed by atoms with Crippen LogP contribution < -0.4 is 4.84 Å². The van der Waals surface area contributed by atoms with E-state index in [2.05, 4.69) is 28.0 Å². The molecule has 88 valence electrons. The molecule has 0 saturated carbocycles. The van der Waals surface area contributed by atoms with Crippen LogP contribution in [0.1, 0.15) is 37.9 Å². The second-order valence-electron chi connectivity index (χ2n) is 4.58. The van der Waals surface area contributed by atoms with Gasteiger partial charge in [-0.05, 0) is 38.0 Å². The second kappa shape index (κ2) is 4.55. The van der Waals surface area contributed by atoms with Crippen LogP contribution in [0.25, 0.3) is 0 Å². The Morgan fingerprint density at radius 3 is 2.94 bits per heavy atom. The summed E-state index contributed by atoms with van der Waals surface area (Å²) in [5, 5.41) is 3.85. The lowest BCUT2D eigenvalue weighted by atomic mass is 9.76. The summed E-state index contributed by atoms with van der Waals surface area (Å²) in [7, 11) is 0. The fourth-order valence-corrected chi connectivity index (χ4v) is 2.16. The molecular formula is C11H16ClN3O. The fourth-order valence-electron chi connectivity index (χ4n) is 1.99. The summed E-state index contributed by atoms with van der Waals surface area (Å²) < 4.78 is 5.27. The molecule has 0 radical (unpaired) electrons. The number of hydrogen-bond donors (Lipinski definition) is 1. The third-order valence-corrected chi connectivity index (χ3v) is 3.31. The highest BCUT2D eigenvalue weighted by Gasteiger charge is 2.33. The van der Waals surface area contributed by atoms with Gasteiger partial charge in [0.25, 0.3) is 0 Å². The van der Waals surface area contributed by atoms with E-state index in [9.17, 15) is 0 Å². The van der Waals surface area contributed by atoms with Gasteiger partial charge in [0.1, 0.15) is 0 Å². The van der Waals surface area contributed by atoms with Gasteiger partial charge in [0.05, 0.1) is 5.41 Å². The van der Waals surface area contributed by atoms with E-state index in [4.69, 9.17) is 16.3 Å². The summed E-state index contributed by atoms with van der Waals surface area (Å²) in [6, 6.07) is 0. The molecule has 1 aromatic rings. The molecule has 1 atom stereocenters. The van der Waals surface area contributed by atoms with Gasteiger partial charge < -0.3 is 4.52 Å². The minimum absolute atomic E-state index is 0.0168. The number of hydrogen-bond acceptors (Lipinski definition) is 4. The van der Waals surface area contributed by atoms with E-state index >= 15 is 0 Å². The lowest BCUT2D eigenvalue weighted by molar-refractivity contribution is 0.273. The Morgan fingerprint density at radius 2 is 2.44 bits per heavy atom. The molecule has 16 heavy (non-hydrogen) atoms. The molecule has 1 N–H and O–H groups in total. The van der Waals surface area contributed by atoms with Gasteiger partial charge in [-0.25, -0.2) is 4.84 Å². The summed E-state index contributed by atoms with van der Waals surface area (Å²) in [6.07, 6.45) is 5.21. The van der Waals surface area contributed by atoms with Gasteiger partial charge in [0.15, 0.2) is 5.82 Å². The van der Waals surface area contributed by atoms with Crippen LogP contribution in [0, 0.1) is 6.92 Å². The third kappa shape index (κ3) is 2.28. The smallest absolute Gasteiger partial charge is 0.232 e. The lowest BCUT2D eigenvalue weighted by Crippen LogP contribution is -2.26. The first-order chi connectivity index (χ1) is 7.64. The van der Waals surface area contributed by atoms with E-state index in [-0.39, 0.29) is 5.41 Å². The van der Waals surface area contributed by atoms with Gasteiger partial charge in [-0.3, -0.25) is 0 Å². The van der Waals surface area contributed by atoms with E-state index in [1.165, 1.54) is 5.57 Å². The summed E-state index contributed by atoms with van der Waals surface area (Å²) in [5.74, 6) is 1.45. The van der Waals surface area contributed by atoms with Crippen LogP contribution in [0.2, 0.25) is 0 Å². The SMILES string of the molecule is Cc1noc(C2(C)CC=C(CNCl)CC2)n1. The summed E-state index contributed by atoms with van der Waals surface area (Å²) in [4.78, 5) is 6.99. The standard InChI is InChI=1S/C11H16ClN3O/c1-8-14-10(16-15-8)11(2)5-3-9(4-6-11)7-13-12/h3,13H,4-7H2,1-2H3. The number of nitrogens with one attached hydrogen (secondary N) is 1. The first-order valence-corrected chi connectivity index (χ1v) is 5.84. The van der Waals surface area contributed by atoms with Gasteiger partial charge in [-0.1, -0.05) is 23.7 Å². The van der Waals surface area contributed by atoms with Crippen molar-refractivity contribution < 1.29 is 4.52 Å². The number of rotatable bonds is 3. The van der Waals surface area contributed by atoms with E-state index in [0.717, 1.165) is 31.7 Å². The van der Waals surface area contributed by atoms with E-state index < -0.39 is 0 Å². The van der Waals surface area contributed by atoms with Gasteiger partial charge in [0.2, 0.25) is 5.89 Å². The largest absolute Gasteiger partial charge is 0.339 e. The van der Waals surface area contributed by atoms with Crippen LogP contribution >= 0.6 is 11.8 Å². The van der Waals surface area contributed by atoms with Crippen molar-refractivity contribution in [3.8, 4) is 0 Å². The molecule has 2 rings (SSSR count). The zero-order chi connectivity index (χ0) is 11.6. The third-order valence-electron chi connectivity index (χ3n) is 3.18. The number of allylic oxidation sites excluding steroid dienone is 1. The average Bonchev–Trinajstić information content (AvgIpc) is 2.70. The normalized spacial score (nSPS) is 25.6. The molecule has 0 bridgehead atoms. The first kappa shape index (κ1) is 11.6. The van der Waals surface area contributed by atoms with Crippen molar-refractivity contribution in [2.45, 2.75) is 38.5 Å². The predicted molar refractivity (Wildman–Crippen MR) is 62.2 cm³/mol. The zero-order valence-electron chi connectivity index (χ0n) is 9.59. The zero-order valence-corrected chi connectivity index (χ0v) is 10.3. The Morgan fingerprint density at radius 1 is 1.62 bits per heavy atom. The number of aromatic nitrogens is 2. The molecule has 1 aromatic heterocycles. The molecule has 0 fully saturated rings. The fraction of sp³-hybridized carbons (Fsp3) is 0.636. The van der Waals surface area contributed by atoms with Crippen LogP contribution in [-0.4, -0.2) is 16.7 Å². The van der Waals surface area contributed by atoms with Crippen molar-refractivity contribution in [1.82, 2.24) is 15.0 Å². The molecule has 0 amide bonds. The molecule has 1 heterocycles. The number of halogens is 1. The van der Waals surface area contributed by atoms with Crippen molar-refractivity contribution in [2.24, 2.45) is 0 Å². The monoisotopic (exact) mass is 241 g/mol. The molecule has 1 unspecified atom stereocenters. The minimum Gasteiger partial charge on any atom is -0.339 e. The molecule has 5 heteroatoms. The highest BCUT2D eigenvalue weighted by atomic mass is 35.5. The Hall–Kier alpha value is -0.870. The van der Waals surface area contributed by atoms with E-state index in [1.54, 1.807) is 0 Å². The molecule has 0 spiro atoms. The highest BCUT2D eigenvalue weighted by Crippen LogP contribution is 2.37. The summed E-state index contributed by atoms with van der Waals surface area (Å²) in [5.41, 5.74) is 1.33. The number of nitrogens with zero attached hydrogens (tertiary/aromatic N) is 2. The van der Waals surface area contributed by atoms with Crippen LogP contribution in [0.5, 0.6) is 0 Å². The maximum absolute atomic E-state index is 5.49. The Balaban J connectivity index is 2.12. The first-order valence-electron chi connectivity index (χ1n) is 5.46.